The Morgan fingerprint density at radius 2 is 1.73 bits per heavy atom. The molecule has 0 aliphatic carbocycles. The molecule has 8 heteroatoms. The maximum atomic E-state index is 14.7. The molecular formula is C25H27FN4O3. The Morgan fingerprint density at radius 1 is 1.06 bits per heavy atom. The van der Waals surface area contributed by atoms with Gasteiger partial charge in [0, 0.05) is 32.4 Å². The average molecular weight is 451 g/mol. The monoisotopic (exact) mass is 450 g/mol. The number of hydrogen-bond acceptors (Lipinski definition) is 4. The molecule has 0 fully saturated rings. The number of nitrogens with one attached hydrogen (secondary N) is 1. The van der Waals surface area contributed by atoms with Gasteiger partial charge in [0.15, 0.2) is 0 Å². The molecule has 0 unspecified atom stereocenters. The topological polar surface area (TPSA) is 74.7 Å². The van der Waals surface area contributed by atoms with Crippen LogP contribution in [-0.4, -0.2) is 35.9 Å². The van der Waals surface area contributed by atoms with Crippen molar-refractivity contribution in [3.63, 3.8) is 0 Å². The first-order valence-electron chi connectivity index (χ1n) is 10.4. The number of carbonyl (C=O) groups is 2. The summed E-state index contributed by atoms with van der Waals surface area (Å²) in [4.78, 5) is 41.5. The summed E-state index contributed by atoms with van der Waals surface area (Å²) in [5.41, 5.74) is 2.25. The van der Waals surface area contributed by atoms with Gasteiger partial charge in [-0.3, -0.25) is 23.9 Å². The minimum atomic E-state index is -0.529. The molecule has 3 aromatic rings. The highest BCUT2D eigenvalue weighted by molar-refractivity contribution is 6.08. The summed E-state index contributed by atoms with van der Waals surface area (Å²) in [6, 6.07) is 11.8. The predicted octanol–water partition coefficient (Wildman–Crippen LogP) is 4.19. The van der Waals surface area contributed by atoms with Gasteiger partial charge in [-0.1, -0.05) is 18.2 Å². The molecule has 3 rings (SSSR count). The fourth-order valence-electron chi connectivity index (χ4n) is 3.66. The Hall–Kier alpha value is -3.94. The molecule has 0 aliphatic rings. The lowest BCUT2D eigenvalue weighted by atomic mass is 10.1. The molecule has 0 aliphatic heterocycles. The number of pyridine rings is 1. The van der Waals surface area contributed by atoms with Crippen molar-refractivity contribution in [2.75, 3.05) is 24.3 Å². The molecule has 2 aromatic carbocycles. The molecule has 0 radical (unpaired) electrons. The number of nitrogens with zero attached hydrogens (tertiary/aromatic N) is 3. The van der Waals surface area contributed by atoms with Crippen LogP contribution >= 0.6 is 0 Å². The molecule has 0 atom stereocenters. The van der Waals surface area contributed by atoms with Crippen molar-refractivity contribution >= 4 is 35.2 Å². The smallest absolute Gasteiger partial charge is 0.259 e. The second-order valence-electron chi connectivity index (χ2n) is 8.18. The van der Waals surface area contributed by atoms with Gasteiger partial charge in [-0.2, -0.15) is 0 Å². The van der Waals surface area contributed by atoms with Crippen LogP contribution in [0.2, 0.25) is 0 Å². The van der Waals surface area contributed by atoms with Gasteiger partial charge in [0.25, 0.3) is 11.5 Å². The second-order valence-corrected chi connectivity index (χ2v) is 8.18. The van der Waals surface area contributed by atoms with Crippen LogP contribution in [0.3, 0.4) is 0 Å². The maximum Gasteiger partial charge on any atom is 0.259 e. The number of amides is 2. The van der Waals surface area contributed by atoms with Crippen molar-refractivity contribution in [2.24, 2.45) is 7.05 Å². The van der Waals surface area contributed by atoms with Gasteiger partial charge in [-0.25, -0.2) is 4.39 Å². The Labute approximate surface area is 192 Å². The van der Waals surface area contributed by atoms with Gasteiger partial charge in [-0.05, 0) is 56.2 Å². The molecule has 2 amide bonds. The van der Waals surface area contributed by atoms with E-state index in [1.807, 2.05) is 13.0 Å². The Bertz CT molecular complexity index is 1300. The van der Waals surface area contributed by atoms with Crippen LogP contribution in [0.5, 0.6) is 0 Å². The fraction of sp³-hybridized carbons (Fsp3) is 0.240. The maximum absolute atomic E-state index is 14.7. The van der Waals surface area contributed by atoms with E-state index < -0.39 is 17.3 Å². The van der Waals surface area contributed by atoms with Crippen molar-refractivity contribution < 1.29 is 14.0 Å². The third-order valence-corrected chi connectivity index (χ3v) is 5.41. The Morgan fingerprint density at radius 3 is 2.30 bits per heavy atom. The summed E-state index contributed by atoms with van der Waals surface area (Å²) < 4.78 is 15.9. The Kier molecular flexibility index (Phi) is 6.67. The second kappa shape index (κ2) is 9.28. The molecule has 0 saturated heterocycles. The molecule has 1 N–H and O–H groups in total. The van der Waals surface area contributed by atoms with Crippen LogP contribution in [-0.2, 0) is 11.8 Å². The number of aromatic nitrogens is 1. The van der Waals surface area contributed by atoms with Crippen LogP contribution < -0.4 is 15.8 Å². The molecule has 0 saturated carbocycles. The summed E-state index contributed by atoms with van der Waals surface area (Å²) in [5, 5.41) is 2.92. The zero-order chi connectivity index (χ0) is 24.4. The predicted molar refractivity (Wildman–Crippen MR) is 128 cm³/mol. The summed E-state index contributed by atoms with van der Waals surface area (Å²) in [5.74, 6) is -0.890. The van der Waals surface area contributed by atoms with Crippen LogP contribution in [0.25, 0.3) is 0 Å². The van der Waals surface area contributed by atoms with Crippen LogP contribution in [0.15, 0.2) is 47.3 Å². The molecule has 0 spiro atoms. The quantitative estimate of drug-likeness (QED) is 0.572. The van der Waals surface area contributed by atoms with Gasteiger partial charge in [0.05, 0.1) is 11.4 Å². The molecule has 0 bridgehead atoms. The standard InChI is InChI=1S/C25H27FN4O3/c1-15-8-7-9-18(12-15)30(14-31)22-17(3)24(32)29(6)23(21(22)25(33)28(4)5)27-20-11-10-16(2)13-19(20)26/h7-14,27H,1-6H3. The van der Waals surface area contributed by atoms with E-state index in [0.717, 1.165) is 11.1 Å². The van der Waals surface area contributed by atoms with Crippen molar-refractivity contribution in [3.8, 4) is 0 Å². The van der Waals surface area contributed by atoms with E-state index in [9.17, 15) is 18.8 Å². The highest BCUT2D eigenvalue weighted by Gasteiger charge is 2.29. The van der Waals surface area contributed by atoms with Gasteiger partial charge < -0.3 is 10.2 Å². The molecule has 172 valence electrons. The number of rotatable bonds is 6. The van der Waals surface area contributed by atoms with Crippen LogP contribution in [0.4, 0.5) is 27.3 Å². The van der Waals surface area contributed by atoms with Crippen molar-refractivity contribution in [2.45, 2.75) is 20.8 Å². The van der Waals surface area contributed by atoms with Gasteiger partial charge in [-0.15, -0.1) is 0 Å². The van der Waals surface area contributed by atoms with Crippen LogP contribution in [0, 0.1) is 26.6 Å². The van der Waals surface area contributed by atoms with Crippen molar-refractivity contribution in [1.29, 1.82) is 0 Å². The lowest BCUT2D eigenvalue weighted by Crippen LogP contribution is -2.33. The van der Waals surface area contributed by atoms with Gasteiger partial charge in [0.1, 0.15) is 17.2 Å². The summed E-state index contributed by atoms with van der Waals surface area (Å²) in [6.07, 6.45) is 0.569. The zero-order valence-electron chi connectivity index (χ0n) is 19.6. The van der Waals surface area contributed by atoms with Crippen LogP contribution in [0.1, 0.15) is 27.0 Å². The minimum Gasteiger partial charge on any atom is -0.345 e. The third-order valence-electron chi connectivity index (χ3n) is 5.41. The molecule has 7 nitrogen and oxygen atoms in total. The van der Waals surface area contributed by atoms with E-state index in [2.05, 4.69) is 5.32 Å². The average Bonchev–Trinajstić information content (AvgIpc) is 2.76. The zero-order valence-corrected chi connectivity index (χ0v) is 19.6. The number of carbonyl (C=O) groups excluding carboxylic acids is 2. The number of aryl methyl sites for hydroxylation is 2. The lowest BCUT2D eigenvalue weighted by Gasteiger charge is -2.27. The third kappa shape index (κ3) is 4.50. The molecular weight excluding hydrogens is 423 g/mol. The van der Waals surface area contributed by atoms with Crippen molar-refractivity contribution in [1.82, 2.24) is 9.47 Å². The van der Waals surface area contributed by atoms with E-state index in [0.29, 0.717) is 12.1 Å². The number of hydrogen-bond donors (Lipinski definition) is 1. The minimum absolute atomic E-state index is 0.0770. The van der Waals surface area contributed by atoms with E-state index >= 15 is 0 Å². The summed E-state index contributed by atoms with van der Waals surface area (Å²) in [7, 11) is 4.64. The largest absolute Gasteiger partial charge is 0.345 e. The summed E-state index contributed by atoms with van der Waals surface area (Å²) in [6.45, 7) is 5.20. The summed E-state index contributed by atoms with van der Waals surface area (Å²) >= 11 is 0. The SMILES string of the molecule is Cc1cccc(N(C=O)c2c(C(=O)N(C)C)c(Nc3ccc(C)cc3F)n(C)c(=O)c2C)c1. The first-order chi connectivity index (χ1) is 15.6. The molecule has 33 heavy (non-hydrogen) atoms. The van der Waals surface area contributed by atoms with Gasteiger partial charge >= 0.3 is 0 Å². The number of halogens is 1. The van der Waals surface area contributed by atoms with Gasteiger partial charge in [0.2, 0.25) is 6.41 Å². The lowest BCUT2D eigenvalue weighted by molar-refractivity contribution is -0.106. The van der Waals surface area contributed by atoms with E-state index in [1.54, 1.807) is 52.2 Å². The van der Waals surface area contributed by atoms with E-state index in [-0.39, 0.29) is 28.3 Å². The Balaban J connectivity index is 2.38. The first-order valence-corrected chi connectivity index (χ1v) is 10.4. The van der Waals surface area contributed by atoms with E-state index in [1.165, 1.54) is 33.5 Å². The fourth-order valence-corrected chi connectivity index (χ4v) is 3.66. The number of anilines is 4. The first kappa shape index (κ1) is 23.7. The number of benzene rings is 2. The van der Waals surface area contributed by atoms with Crippen molar-refractivity contribution in [3.05, 3.63) is 80.9 Å². The molecule has 1 aromatic heterocycles. The highest BCUT2D eigenvalue weighted by atomic mass is 19.1. The molecule has 1 heterocycles. The van der Waals surface area contributed by atoms with E-state index in [4.69, 9.17) is 0 Å². The highest BCUT2D eigenvalue weighted by Crippen LogP contribution is 2.35. The normalized spacial score (nSPS) is 10.6.